The largest absolute Gasteiger partial charge is 0.392 e. The first kappa shape index (κ1) is 5.28. The third kappa shape index (κ3) is 1.54. The molecule has 0 spiro atoms. The van der Waals surface area contributed by atoms with Crippen molar-refractivity contribution < 1.29 is 12.2 Å². The van der Waals surface area contributed by atoms with Crippen LogP contribution in [0.4, 0.5) is 4.39 Å². The molecule has 0 aliphatic carbocycles. The first-order chi connectivity index (χ1) is 5.95. The van der Waals surface area contributed by atoms with E-state index in [1.165, 1.54) is 6.07 Å². The van der Waals surface area contributed by atoms with Crippen LogP contribution in [0, 0.1) is 17.1 Å². The molecule has 0 atom stereocenters. The highest BCUT2D eigenvalue weighted by atomic mass is 19.1. The zero-order valence-corrected chi connectivity index (χ0v) is 5.50. The van der Waals surface area contributed by atoms with Crippen LogP contribution < -0.4 is 0 Å². The average molecular weight is 153 g/mol. The molecule has 3 heteroatoms. The van der Waals surface area contributed by atoms with Gasteiger partial charge in [0.05, 0.1) is 20.9 Å². The fraction of sp³-hybridized carbons (Fsp3) is 0.125. The van der Waals surface area contributed by atoms with Crippen molar-refractivity contribution in [1.29, 1.82) is 5.26 Å². The van der Waals surface area contributed by atoms with E-state index in [1.807, 2.05) is 0 Å². The number of benzene rings is 1. The van der Waals surface area contributed by atoms with Gasteiger partial charge in [0.15, 0.2) is 0 Å². The van der Waals surface area contributed by atoms with E-state index < -0.39 is 17.9 Å². The van der Waals surface area contributed by atoms with Crippen molar-refractivity contribution in [3.05, 3.63) is 35.1 Å². The van der Waals surface area contributed by atoms with E-state index in [9.17, 15) is 4.39 Å². The maximum atomic E-state index is 13.0. The minimum atomic E-state index is -2.71. The summed E-state index contributed by atoms with van der Waals surface area (Å²) in [6.45, 7) is -2.71. The summed E-state index contributed by atoms with van der Waals surface area (Å²) >= 11 is 0. The van der Waals surface area contributed by atoms with Gasteiger partial charge in [0.25, 0.3) is 0 Å². The van der Waals surface area contributed by atoms with Crippen molar-refractivity contribution in [2.45, 2.75) is 6.56 Å². The number of hydrogen-bond acceptors (Lipinski definition) is 2. The second kappa shape index (κ2) is 3.13. The highest BCUT2D eigenvalue weighted by Gasteiger charge is 2.00. The molecular weight excluding hydrogens is 145 g/mol. The van der Waals surface area contributed by atoms with E-state index in [1.54, 1.807) is 6.07 Å². The van der Waals surface area contributed by atoms with Gasteiger partial charge in [-0.1, -0.05) is 6.07 Å². The van der Waals surface area contributed by atoms with Crippen molar-refractivity contribution in [2.75, 3.05) is 0 Å². The lowest BCUT2D eigenvalue weighted by molar-refractivity contribution is 0.275. The van der Waals surface area contributed by atoms with Crippen LogP contribution in [-0.2, 0) is 6.56 Å². The normalized spacial score (nSPS) is 13.2. The lowest BCUT2D eigenvalue weighted by Crippen LogP contribution is -1.89. The van der Waals surface area contributed by atoms with Gasteiger partial charge in [0, 0.05) is 5.56 Å². The summed E-state index contributed by atoms with van der Waals surface area (Å²) in [5.41, 5.74) is -0.378. The van der Waals surface area contributed by atoms with E-state index in [2.05, 4.69) is 0 Å². The minimum Gasteiger partial charge on any atom is -0.392 e. The fourth-order valence-corrected chi connectivity index (χ4v) is 0.675. The van der Waals surface area contributed by atoms with Gasteiger partial charge in [0.1, 0.15) is 5.82 Å². The molecule has 1 rings (SSSR count). The third-order valence-electron chi connectivity index (χ3n) is 1.22. The maximum absolute atomic E-state index is 13.0. The lowest BCUT2D eigenvalue weighted by Gasteiger charge is -1.96. The van der Waals surface area contributed by atoms with E-state index >= 15 is 0 Å². The molecule has 0 saturated heterocycles. The third-order valence-corrected chi connectivity index (χ3v) is 1.22. The smallest absolute Gasteiger partial charge is 0.130 e. The summed E-state index contributed by atoms with van der Waals surface area (Å²) in [4.78, 5) is 0. The molecule has 0 aliphatic rings. The Morgan fingerprint density at radius 3 is 2.91 bits per heavy atom. The number of aliphatic hydroxyl groups is 1. The van der Waals surface area contributed by atoms with Crippen molar-refractivity contribution >= 4 is 0 Å². The number of hydrogen-bond donors (Lipinski definition) is 1. The van der Waals surface area contributed by atoms with Gasteiger partial charge in [-0.3, -0.25) is 0 Å². The fourth-order valence-electron chi connectivity index (χ4n) is 0.675. The van der Waals surface area contributed by atoms with Crippen molar-refractivity contribution in [3.8, 4) is 6.07 Å². The van der Waals surface area contributed by atoms with Crippen LogP contribution in [-0.4, -0.2) is 5.11 Å². The van der Waals surface area contributed by atoms with Gasteiger partial charge in [-0.15, -0.1) is 0 Å². The quantitative estimate of drug-likeness (QED) is 0.658. The standard InChI is InChI=1S/C8H6FNO/c9-8-3-6(4-10)1-2-7(8)5-11/h1-3,11H,5H2/i5D2. The summed E-state index contributed by atoms with van der Waals surface area (Å²) in [6, 6.07) is 4.87. The maximum Gasteiger partial charge on any atom is 0.130 e. The molecule has 0 heterocycles. The second-order valence-electron chi connectivity index (χ2n) is 1.92. The molecule has 56 valence electrons. The summed E-state index contributed by atoms with van der Waals surface area (Å²) in [6.07, 6.45) is 0. The Morgan fingerprint density at radius 1 is 1.73 bits per heavy atom. The molecule has 0 bridgehead atoms. The highest BCUT2D eigenvalue weighted by molar-refractivity contribution is 5.32. The molecule has 0 radical (unpaired) electrons. The topological polar surface area (TPSA) is 44.0 Å². The molecule has 0 saturated carbocycles. The van der Waals surface area contributed by atoms with Crippen LogP contribution in [0.15, 0.2) is 18.2 Å². The van der Waals surface area contributed by atoms with Crippen LogP contribution in [0.3, 0.4) is 0 Å². The van der Waals surface area contributed by atoms with Crippen molar-refractivity contribution in [2.24, 2.45) is 0 Å². The van der Waals surface area contributed by atoms with Gasteiger partial charge in [-0.25, -0.2) is 4.39 Å². The molecule has 0 fully saturated rings. The highest BCUT2D eigenvalue weighted by Crippen LogP contribution is 2.08. The summed E-state index contributed by atoms with van der Waals surface area (Å²) < 4.78 is 26.7. The van der Waals surface area contributed by atoms with Crippen LogP contribution in [0.2, 0.25) is 0 Å². The van der Waals surface area contributed by atoms with Crippen LogP contribution in [0.5, 0.6) is 0 Å². The predicted molar refractivity (Wildman–Crippen MR) is 37.0 cm³/mol. The Kier molecular flexibility index (Phi) is 1.50. The van der Waals surface area contributed by atoms with E-state index in [4.69, 9.17) is 13.1 Å². The zero-order chi connectivity index (χ0) is 10.1. The van der Waals surface area contributed by atoms with Gasteiger partial charge in [-0.05, 0) is 12.1 Å². The van der Waals surface area contributed by atoms with Gasteiger partial charge < -0.3 is 5.11 Å². The van der Waals surface area contributed by atoms with Crippen molar-refractivity contribution in [1.82, 2.24) is 0 Å². The molecule has 2 nitrogen and oxygen atoms in total. The SMILES string of the molecule is [2H]C([2H])(O)c1ccc(C#N)cc1F. The van der Waals surface area contributed by atoms with Crippen molar-refractivity contribution in [3.63, 3.8) is 0 Å². The molecule has 0 aliphatic heterocycles. The monoisotopic (exact) mass is 153 g/mol. The number of halogens is 1. The number of nitrogens with zero attached hydrogens (tertiary/aromatic N) is 1. The Morgan fingerprint density at radius 2 is 2.45 bits per heavy atom. The molecular formula is C8H6FNO. The number of nitriles is 1. The molecule has 0 aromatic heterocycles. The summed E-state index contributed by atoms with van der Waals surface area (Å²) in [7, 11) is 0. The first-order valence-corrected chi connectivity index (χ1v) is 2.87. The Bertz CT molecular complexity index is 367. The molecule has 1 N–H and O–H groups in total. The molecule has 0 amide bonds. The summed E-state index contributed by atoms with van der Waals surface area (Å²) in [5.74, 6) is -0.924. The zero-order valence-electron chi connectivity index (χ0n) is 7.50. The van der Waals surface area contributed by atoms with Gasteiger partial charge in [-0.2, -0.15) is 5.26 Å². The average Bonchev–Trinajstić information content (AvgIpc) is 2.01. The molecule has 1 aromatic rings. The molecule has 11 heavy (non-hydrogen) atoms. The molecule has 0 unspecified atom stereocenters. The van der Waals surface area contributed by atoms with E-state index in [-0.39, 0.29) is 5.56 Å². The second-order valence-corrected chi connectivity index (χ2v) is 1.92. The first-order valence-electron chi connectivity index (χ1n) is 3.87. The predicted octanol–water partition coefficient (Wildman–Crippen LogP) is 1.19. The van der Waals surface area contributed by atoms with Gasteiger partial charge >= 0.3 is 0 Å². The minimum absolute atomic E-state index is 0.0884. The van der Waals surface area contributed by atoms with E-state index in [0.717, 1.165) is 12.1 Å². The van der Waals surface area contributed by atoms with Crippen LogP contribution >= 0.6 is 0 Å². The van der Waals surface area contributed by atoms with Crippen LogP contribution in [0.1, 0.15) is 13.9 Å². The Hall–Kier alpha value is -1.40. The molecule has 1 aromatic carbocycles. The van der Waals surface area contributed by atoms with Crippen LogP contribution in [0.25, 0.3) is 0 Å². The Balaban J connectivity index is 3.23. The number of rotatable bonds is 1. The Labute approximate surface area is 66.3 Å². The lowest BCUT2D eigenvalue weighted by atomic mass is 10.1. The van der Waals surface area contributed by atoms with E-state index in [0.29, 0.717) is 0 Å². The summed E-state index contributed by atoms with van der Waals surface area (Å²) in [5, 5.41) is 17.2. The van der Waals surface area contributed by atoms with Gasteiger partial charge in [0.2, 0.25) is 0 Å².